The minimum Gasteiger partial charge on any atom is -0.478 e. The quantitative estimate of drug-likeness (QED) is 0.497. The summed E-state index contributed by atoms with van der Waals surface area (Å²) in [6.07, 6.45) is 3.71. The summed E-state index contributed by atoms with van der Waals surface area (Å²) < 4.78 is 13.5. The molecule has 1 saturated heterocycles. The molecule has 0 saturated carbocycles. The molecule has 0 bridgehead atoms. The molecule has 0 spiro atoms. The van der Waals surface area contributed by atoms with E-state index in [4.69, 9.17) is 9.97 Å². The Morgan fingerprint density at radius 3 is 2.44 bits per heavy atom. The Morgan fingerprint density at radius 1 is 0.969 bits per heavy atom. The summed E-state index contributed by atoms with van der Waals surface area (Å²) in [5.74, 6) is -0.217. The van der Waals surface area contributed by atoms with Gasteiger partial charge in [-0.1, -0.05) is 6.07 Å². The first-order chi connectivity index (χ1) is 15.6. The Kier molecular flexibility index (Phi) is 5.23. The van der Waals surface area contributed by atoms with E-state index in [0.717, 1.165) is 43.0 Å². The summed E-state index contributed by atoms with van der Waals surface area (Å²) in [4.78, 5) is 27.7. The van der Waals surface area contributed by atoms with Crippen molar-refractivity contribution in [2.45, 2.75) is 18.8 Å². The van der Waals surface area contributed by atoms with Crippen LogP contribution in [0.4, 0.5) is 10.2 Å². The molecule has 1 aliphatic rings. The number of carboxylic acids is 1. The maximum atomic E-state index is 13.5. The van der Waals surface area contributed by atoms with Crippen molar-refractivity contribution in [3.05, 3.63) is 83.9 Å². The molecule has 0 unspecified atom stereocenters. The highest BCUT2D eigenvalue weighted by Crippen LogP contribution is 2.34. The van der Waals surface area contributed by atoms with Gasteiger partial charge in [0.25, 0.3) is 0 Å². The van der Waals surface area contributed by atoms with E-state index >= 15 is 0 Å². The standard InChI is InChI=1S/C25H21FN4O2/c26-19-7-4-17(5-8-19)23-24(29-21-9-6-18(25(31)32)15-22(21)28-23)30-13-10-16(11-14-30)20-3-1-2-12-27-20/h1-9,12,15-16H,10-11,13-14H2,(H,31,32). The predicted octanol–water partition coefficient (Wildman–Crippen LogP) is 4.91. The number of aromatic carboxylic acids is 1. The molecule has 6 nitrogen and oxygen atoms in total. The van der Waals surface area contributed by atoms with Gasteiger partial charge in [-0.25, -0.2) is 19.2 Å². The number of aromatic nitrogens is 3. The Balaban J connectivity index is 1.53. The molecule has 3 heterocycles. The Morgan fingerprint density at radius 2 is 1.75 bits per heavy atom. The first-order valence-corrected chi connectivity index (χ1v) is 10.6. The molecule has 7 heteroatoms. The van der Waals surface area contributed by atoms with Crippen molar-refractivity contribution in [2.75, 3.05) is 18.0 Å². The highest BCUT2D eigenvalue weighted by molar-refractivity contribution is 5.93. The zero-order valence-corrected chi connectivity index (χ0v) is 17.3. The Bertz CT molecular complexity index is 1270. The summed E-state index contributed by atoms with van der Waals surface area (Å²) >= 11 is 0. The third-order valence-electron chi connectivity index (χ3n) is 5.91. The molecule has 0 radical (unpaired) electrons. The first kappa shape index (κ1) is 20.1. The van der Waals surface area contributed by atoms with E-state index in [9.17, 15) is 14.3 Å². The molecular formula is C25H21FN4O2. The number of fused-ring (bicyclic) bond motifs is 1. The van der Waals surface area contributed by atoms with E-state index in [2.05, 4.69) is 16.0 Å². The first-order valence-electron chi connectivity index (χ1n) is 10.6. The van der Waals surface area contributed by atoms with Gasteiger partial charge in [0.1, 0.15) is 11.5 Å². The van der Waals surface area contributed by atoms with E-state index in [0.29, 0.717) is 22.6 Å². The maximum absolute atomic E-state index is 13.5. The summed E-state index contributed by atoms with van der Waals surface area (Å²) in [5, 5.41) is 9.34. The van der Waals surface area contributed by atoms with Crippen molar-refractivity contribution in [3.8, 4) is 11.3 Å². The monoisotopic (exact) mass is 428 g/mol. The van der Waals surface area contributed by atoms with E-state index in [-0.39, 0.29) is 11.4 Å². The van der Waals surface area contributed by atoms with E-state index in [1.807, 2.05) is 18.3 Å². The number of nitrogens with zero attached hydrogens (tertiary/aromatic N) is 4. The molecular weight excluding hydrogens is 407 g/mol. The van der Waals surface area contributed by atoms with E-state index in [1.54, 1.807) is 18.2 Å². The number of piperidine rings is 1. The van der Waals surface area contributed by atoms with Gasteiger partial charge in [-0.3, -0.25) is 4.98 Å². The number of anilines is 1. The molecule has 160 valence electrons. The third kappa shape index (κ3) is 3.89. The molecule has 32 heavy (non-hydrogen) atoms. The third-order valence-corrected chi connectivity index (χ3v) is 5.91. The van der Waals surface area contributed by atoms with Crippen LogP contribution in [0.3, 0.4) is 0 Å². The second-order valence-corrected chi connectivity index (χ2v) is 7.93. The lowest BCUT2D eigenvalue weighted by Gasteiger charge is -2.33. The number of rotatable bonds is 4. The van der Waals surface area contributed by atoms with Gasteiger partial charge < -0.3 is 10.0 Å². The van der Waals surface area contributed by atoms with Gasteiger partial charge in [-0.05, 0) is 67.4 Å². The van der Waals surface area contributed by atoms with Gasteiger partial charge in [0.2, 0.25) is 0 Å². The van der Waals surface area contributed by atoms with E-state index in [1.165, 1.54) is 24.3 Å². The summed E-state index contributed by atoms with van der Waals surface area (Å²) in [6, 6.07) is 16.9. The Labute approximate surface area is 184 Å². The molecule has 0 aliphatic carbocycles. The van der Waals surface area contributed by atoms with Crippen LogP contribution in [-0.4, -0.2) is 39.1 Å². The molecule has 0 amide bonds. The molecule has 4 aromatic rings. The summed E-state index contributed by atoms with van der Waals surface area (Å²) in [6.45, 7) is 1.59. The zero-order chi connectivity index (χ0) is 22.1. The van der Waals surface area contributed by atoms with Crippen LogP contribution in [0.5, 0.6) is 0 Å². The predicted molar refractivity (Wildman–Crippen MR) is 120 cm³/mol. The van der Waals surface area contributed by atoms with Crippen LogP contribution in [0.2, 0.25) is 0 Å². The minimum absolute atomic E-state index is 0.154. The summed E-state index contributed by atoms with van der Waals surface area (Å²) in [5.41, 5.74) is 3.75. The Hall–Kier alpha value is -3.87. The van der Waals surface area contributed by atoms with Crippen molar-refractivity contribution in [1.82, 2.24) is 15.0 Å². The van der Waals surface area contributed by atoms with Crippen molar-refractivity contribution in [2.24, 2.45) is 0 Å². The van der Waals surface area contributed by atoms with Crippen LogP contribution in [-0.2, 0) is 0 Å². The SMILES string of the molecule is O=C(O)c1ccc2nc(N3CCC(c4ccccn4)CC3)c(-c3ccc(F)cc3)nc2c1. The number of hydrogen-bond acceptors (Lipinski definition) is 5. The van der Waals surface area contributed by atoms with Crippen LogP contribution < -0.4 is 4.90 Å². The fourth-order valence-corrected chi connectivity index (χ4v) is 4.20. The van der Waals surface area contributed by atoms with Crippen molar-refractivity contribution < 1.29 is 14.3 Å². The number of benzene rings is 2. The molecule has 2 aromatic carbocycles. The van der Waals surface area contributed by atoms with Crippen LogP contribution in [0.1, 0.15) is 34.8 Å². The van der Waals surface area contributed by atoms with Crippen LogP contribution >= 0.6 is 0 Å². The second-order valence-electron chi connectivity index (χ2n) is 7.93. The van der Waals surface area contributed by atoms with Crippen molar-refractivity contribution in [1.29, 1.82) is 0 Å². The van der Waals surface area contributed by atoms with Crippen LogP contribution in [0, 0.1) is 5.82 Å². The largest absolute Gasteiger partial charge is 0.478 e. The fourth-order valence-electron chi connectivity index (χ4n) is 4.20. The molecule has 5 rings (SSSR count). The molecule has 2 aromatic heterocycles. The molecule has 1 fully saturated rings. The zero-order valence-electron chi connectivity index (χ0n) is 17.3. The molecule has 1 N–H and O–H groups in total. The van der Waals surface area contributed by atoms with Gasteiger partial charge in [0.05, 0.1) is 16.6 Å². The van der Waals surface area contributed by atoms with Crippen LogP contribution in [0.15, 0.2) is 66.9 Å². The molecule has 0 atom stereocenters. The topological polar surface area (TPSA) is 79.2 Å². The van der Waals surface area contributed by atoms with Gasteiger partial charge in [0.15, 0.2) is 5.82 Å². The number of carbonyl (C=O) groups is 1. The van der Waals surface area contributed by atoms with Gasteiger partial charge in [-0.15, -0.1) is 0 Å². The number of pyridine rings is 1. The lowest BCUT2D eigenvalue weighted by atomic mass is 9.93. The number of halogens is 1. The highest BCUT2D eigenvalue weighted by Gasteiger charge is 2.25. The van der Waals surface area contributed by atoms with Gasteiger partial charge in [-0.2, -0.15) is 0 Å². The average Bonchev–Trinajstić information content (AvgIpc) is 2.84. The van der Waals surface area contributed by atoms with Crippen molar-refractivity contribution in [3.63, 3.8) is 0 Å². The average molecular weight is 428 g/mol. The highest BCUT2D eigenvalue weighted by atomic mass is 19.1. The second kappa shape index (κ2) is 8.34. The maximum Gasteiger partial charge on any atom is 0.335 e. The van der Waals surface area contributed by atoms with Crippen LogP contribution in [0.25, 0.3) is 22.3 Å². The lowest BCUT2D eigenvalue weighted by molar-refractivity contribution is 0.0697. The number of carboxylic acid groups (broad SMARTS) is 1. The minimum atomic E-state index is -1.02. The number of hydrogen-bond donors (Lipinski definition) is 1. The normalized spacial score (nSPS) is 14.6. The lowest BCUT2D eigenvalue weighted by Crippen LogP contribution is -2.34. The van der Waals surface area contributed by atoms with Crippen molar-refractivity contribution >= 4 is 22.8 Å². The summed E-state index contributed by atoms with van der Waals surface area (Å²) in [7, 11) is 0. The fraction of sp³-hybridized carbons (Fsp3) is 0.200. The van der Waals surface area contributed by atoms with Gasteiger partial charge in [0, 0.05) is 36.5 Å². The van der Waals surface area contributed by atoms with E-state index < -0.39 is 5.97 Å². The smallest absolute Gasteiger partial charge is 0.335 e. The molecule has 1 aliphatic heterocycles. The van der Waals surface area contributed by atoms with Gasteiger partial charge >= 0.3 is 5.97 Å².